The standard InChI is InChI=1S/C16H32N2O/c1-6-13-7-8-16(9-13,10-17)18-11-14(2,3)19-15(4,5)12-18/h13H,6-12,17H2,1-5H3. The topological polar surface area (TPSA) is 38.5 Å². The third-order valence-corrected chi connectivity index (χ3v) is 5.01. The van der Waals surface area contributed by atoms with E-state index in [9.17, 15) is 0 Å². The largest absolute Gasteiger partial charge is 0.367 e. The first kappa shape index (κ1) is 15.3. The Labute approximate surface area is 118 Å². The molecule has 3 nitrogen and oxygen atoms in total. The summed E-state index contributed by atoms with van der Waals surface area (Å²) in [4.78, 5) is 2.64. The first-order valence-corrected chi connectivity index (χ1v) is 7.87. The SMILES string of the molecule is CCC1CCC(CN)(N2CC(C)(C)OC(C)(C)C2)C1. The van der Waals surface area contributed by atoms with Crippen LogP contribution in [0.25, 0.3) is 0 Å². The van der Waals surface area contributed by atoms with E-state index in [4.69, 9.17) is 10.5 Å². The molecular weight excluding hydrogens is 236 g/mol. The van der Waals surface area contributed by atoms with E-state index in [0.717, 1.165) is 25.6 Å². The molecule has 2 fully saturated rings. The lowest BCUT2D eigenvalue weighted by Crippen LogP contribution is -2.65. The molecule has 0 spiro atoms. The van der Waals surface area contributed by atoms with Crippen LogP contribution >= 0.6 is 0 Å². The predicted octanol–water partition coefficient (Wildman–Crippen LogP) is 2.78. The molecule has 1 saturated heterocycles. The molecule has 0 amide bonds. The summed E-state index contributed by atoms with van der Waals surface area (Å²) in [7, 11) is 0. The minimum atomic E-state index is -0.0752. The molecule has 0 bridgehead atoms. The van der Waals surface area contributed by atoms with E-state index >= 15 is 0 Å². The maximum atomic E-state index is 6.21. The summed E-state index contributed by atoms with van der Waals surface area (Å²) in [5.74, 6) is 0.859. The van der Waals surface area contributed by atoms with Gasteiger partial charge in [-0.2, -0.15) is 0 Å². The van der Waals surface area contributed by atoms with Gasteiger partial charge in [0.25, 0.3) is 0 Å². The van der Waals surface area contributed by atoms with Gasteiger partial charge in [0.15, 0.2) is 0 Å². The van der Waals surface area contributed by atoms with Crippen molar-refractivity contribution in [3.05, 3.63) is 0 Å². The Morgan fingerprint density at radius 2 is 1.74 bits per heavy atom. The number of morpholine rings is 1. The highest BCUT2D eigenvalue weighted by atomic mass is 16.5. The second-order valence-electron chi connectivity index (χ2n) is 7.92. The Kier molecular flexibility index (Phi) is 4.03. The molecule has 1 aliphatic carbocycles. The van der Waals surface area contributed by atoms with Crippen LogP contribution < -0.4 is 5.73 Å². The number of rotatable bonds is 3. The van der Waals surface area contributed by atoms with Crippen molar-refractivity contribution in [1.82, 2.24) is 4.90 Å². The molecule has 0 aromatic heterocycles. The van der Waals surface area contributed by atoms with E-state index in [1.807, 2.05) is 0 Å². The van der Waals surface area contributed by atoms with Gasteiger partial charge in [-0.05, 0) is 52.9 Å². The van der Waals surface area contributed by atoms with Crippen molar-refractivity contribution in [3.8, 4) is 0 Å². The minimum absolute atomic E-state index is 0.0752. The number of nitrogens with zero attached hydrogens (tertiary/aromatic N) is 1. The van der Waals surface area contributed by atoms with Crippen LogP contribution in [-0.4, -0.2) is 41.3 Å². The molecule has 19 heavy (non-hydrogen) atoms. The van der Waals surface area contributed by atoms with Gasteiger partial charge in [-0.15, -0.1) is 0 Å². The molecule has 0 aromatic carbocycles. The van der Waals surface area contributed by atoms with Crippen molar-refractivity contribution in [3.63, 3.8) is 0 Å². The van der Waals surface area contributed by atoms with Crippen LogP contribution in [0.3, 0.4) is 0 Å². The van der Waals surface area contributed by atoms with Gasteiger partial charge in [0.1, 0.15) is 0 Å². The number of hydrogen-bond donors (Lipinski definition) is 1. The quantitative estimate of drug-likeness (QED) is 0.855. The summed E-state index contributed by atoms with van der Waals surface area (Å²) in [5, 5.41) is 0. The molecule has 3 heteroatoms. The van der Waals surface area contributed by atoms with E-state index in [-0.39, 0.29) is 16.7 Å². The summed E-state index contributed by atoms with van der Waals surface area (Å²) in [6, 6.07) is 0. The van der Waals surface area contributed by atoms with Crippen molar-refractivity contribution in [2.75, 3.05) is 19.6 Å². The lowest BCUT2D eigenvalue weighted by atomic mass is 9.87. The summed E-state index contributed by atoms with van der Waals surface area (Å²) >= 11 is 0. The Bertz CT molecular complexity index is 311. The van der Waals surface area contributed by atoms with Crippen molar-refractivity contribution < 1.29 is 4.74 Å². The Morgan fingerprint density at radius 1 is 1.16 bits per heavy atom. The molecule has 112 valence electrons. The van der Waals surface area contributed by atoms with Crippen LogP contribution in [0.1, 0.15) is 60.3 Å². The summed E-state index contributed by atoms with van der Waals surface area (Å²) < 4.78 is 6.21. The van der Waals surface area contributed by atoms with Crippen molar-refractivity contribution in [2.45, 2.75) is 77.0 Å². The van der Waals surface area contributed by atoms with Crippen LogP contribution in [0.4, 0.5) is 0 Å². The molecule has 0 aromatic rings. The summed E-state index contributed by atoms with van der Waals surface area (Å²) in [6.07, 6.45) is 5.16. The number of ether oxygens (including phenoxy) is 1. The molecule has 1 heterocycles. The number of hydrogen-bond acceptors (Lipinski definition) is 3. The molecule has 1 aliphatic heterocycles. The lowest BCUT2D eigenvalue weighted by molar-refractivity contribution is -0.198. The average Bonchev–Trinajstić information content (AvgIpc) is 2.69. The molecule has 2 unspecified atom stereocenters. The van der Waals surface area contributed by atoms with Crippen molar-refractivity contribution in [2.24, 2.45) is 11.7 Å². The highest BCUT2D eigenvalue weighted by Crippen LogP contribution is 2.43. The predicted molar refractivity (Wildman–Crippen MR) is 80.2 cm³/mol. The smallest absolute Gasteiger partial charge is 0.0761 e. The fourth-order valence-electron chi connectivity index (χ4n) is 4.29. The first-order valence-electron chi connectivity index (χ1n) is 7.87. The zero-order valence-corrected chi connectivity index (χ0v) is 13.5. The molecule has 2 atom stereocenters. The Hall–Kier alpha value is -0.120. The molecule has 2 aliphatic rings. The van der Waals surface area contributed by atoms with E-state index in [0.29, 0.717) is 0 Å². The third-order valence-electron chi connectivity index (χ3n) is 5.01. The van der Waals surface area contributed by atoms with Crippen molar-refractivity contribution in [1.29, 1.82) is 0 Å². The molecule has 2 rings (SSSR count). The highest BCUT2D eigenvalue weighted by molar-refractivity contribution is 5.03. The fraction of sp³-hybridized carbons (Fsp3) is 1.00. The van der Waals surface area contributed by atoms with Gasteiger partial charge in [0, 0.05) is 25.2 Å². The van der Waals surface area contributed by atoms with E-state index in [1.54, 1.807) is 0 Å². The molecule has 0 radical (unpaired) electrons. The van der Waals surface area contributed by atoms with Crippen LogP contribution in [0, 0.1) is 5.92 Å². The summed E-state index contributed by atoms with van der Waals surface area (Å²) in [6.45, 7) is 13.9. The second-order valence-corrected chi connectivity index (χ2v) is 7.92. The van der Waals surface area contributed by atoms with E-state index in [1.165, 1.54) is 25.7 Å². The second kappa shape index (κ2) is 5.01. The minimum Gasteiger partial charge on any atom is -0.367 e. The normalized spacial score (nSPS) is 38.5. The zero-order valence-electron chi connectivity index (χ0n) is 13.5. The van der Waals surface area contributed by atoms with Crippen LogP contribution in [-0.2, 0) is 4.74 Å². The highest BCUT2D eigenvalue weighted by Gasteiger charge is 2.48. The Balaban J connectivity index is 2.19. The van der Waals surface area contributed by atoms with Gasteiger partial charge in [0.2, 0.25) is 0 Å². The maximum Gasteiger partial charge on any atom is 0.0761 e. The molecule has 2 N–H and O–H groups in total. The molecule has 1 saturated carbocycles. The van der Waals surface area contributed by atoms with Gasteiger partial charge >= 0.3 is 0 Å². The van der Waals surface area contributed by atoms with Gasteiger partial charge in [-0.1, -0.05) is 13.3 Å². The van der Waals surface area contributed by atoms with Gasteiger partial charge in [0.05, 0.1) is 11.2 Å². The van der Waals surface area contributed by atoms with Crippen molar-refractivity contribution >= 4 is 0 Å². The zero-order chi connectivity index (χ0) is 14.3. The van der Waals surface area contributed by atoms with Gasteiger partial charge < -0.3 is 10.5 Å². The van der Waals surface area contributed by atoms with Gasteiger partial charge in [-0.3, -0.25) is 4.90 Å². The van der Waals surface area contributed by atoms with Crippen LogP contribution in [0.5, 0.6) is 0 Å². The molecular formula is C16H32N2O. The number of nitrogens with two attached hydrogens (primary N) is 1. The fourth-order valence-corrected chi connectivity index (χ4v) is 4.29. The van der Waals surface area contributed by atoms with E-state index in [2.05, 4.69) is 39.5 Å². The lowest BCUT2D eigenvalue weighted by Gasteiger charge is -2.53. The first-order chi connectivity index (χ1) is 8.72. The van der Waals surface area contributed by atoms with Gasteiger partial charge in [-0.25, -0.2) is 0 Å². The Morgan fingerprint density at radius 3 is 2.16 bits per heavy atom. The van der Waals surface area contributed by atoms with Crippen LogP contribution in [0.2, 0.25) is 0 Å². The van der Waals surface area contributed by atoms with Crippen LogP contribution in [0.15, 0.2) is 0 Å². The monoisotopic (exact) mass is 268 g/mol. The maximum absolute atomic E-state index is 6.21. The third kappa shape index (κ3) is 3.14. The summed E-state index contributed by atoms with van der Waals surface area (Å²) in [5.41, 5.74) is 6.28. The average molecular weight is 268 g/mol. The van der Waals surface area contributed by atoms with E-state index < -0.39 is 0 Å².